The number of hydrogen-bond donors (Lipinski definition) is 3. The second-order valence-electron chi connectivity index (χ2n) is 5.74. The SMILES string of the molecule is O=P(O)(O)COCCC(CO)n1cnc2c(-c3ccccc3)ncnc21. The van der Waals surface area contributed by atoms with Gasteiger partial charge in [0.15, 0.2) is 5.65 Å². The summed E-state index contributed by atoms with van der Waals surface area (Å²) in [5.41, 5.74) is 2.81. The van der Waals surface area contributed by atoms with Crippen LogP contribution in [0.15, 0.2) is 43.0 Å². The molecule has 0 radical (unpaired) electrons. The standard InChI is InChI=1S/C16H19N4O5P/c21-8-13(6-7-25-11-26(22,23)24)20-10-19-15-14(17-9-18-16(15)20)12-4-2-1-3-5-12/h1-5,9-10,13,21H,6-8,11H2,(H2,22,23,24). The van der Waals surface area contributed by atoms with E-state index in [2.05, 4.69) is 15.0 Å². The van der Waals surface area contributed by atoms with Gasteiger partial charge in [-0.1, -0.05) is 30.3 Å². The summed E-state index contributed by atoms with van der Waals surface area (Å²) >= 11 is 0. The van der Waals surface area contributed by atoms with Gasteiger partial charge >= 0.3 is 7.60 Å². The van der Waals surface area contributed by atoms with Gasteiger partial charge in [0, 0.05) is 12.2 Å². The van der Waals surface area contributed by atoms with E-state index < -0.39 is 13.9 Å². The molecular weight excluding hydrogens is 359 g/mol. The maximum absolute atomic E-state index is 10.8. The molecule has 3 aromatic rings. The molecule has 3 rings (SSSR count). The molecule has 0 amide bonds. The largest absolute Gasteiger partial charge is 0.394 e. The fourth-order valence-electron chi connectivity index (χ4n) is 2.65. The van der Waals surface area contributed by atoms with Crippen LogP contribution in [0, 0.1) is 0 Å². The summed E-state index contributed by atoms with van der Waals surface area (Å²) < 4.78 is 17.5. The molecule has 1 unspecified atom stereocenters. The van der Waals surface area contributed by atoms with Crippen molar-refractivity contribution in [2.24, 2.45) is 0 Å². The fraction of sp³-hybridized carbons (Fsp3) is 0.312. The van der Waals surface area contributed by atoms with Crippen LogP contribution in [0.1, 0.15) is 12.5 Å². The maximum Gasteiger partial charge on any atom is 0.350 e. The van der Waals surface area contributed by atoms with Gasteiger partial charge in [0.05, 0.1) is 19.0 Å². The van der Waals surface area contributed by atoms with Crippen molar-refractivity contribution in [3.63, 3.8) is 0 Å². The number of ether oxygens (including phenoxy) is 1. The molecule has 1 aromatic carbocycles. The third-order valence-electron chi connectivity index (χ3n) is 3.87. The first-order valence-corrected chi connectivity index (χ1v) is 9.75. The van der Waals surface area contributed by atoms with Gasteiger partial charge in [-0.25, -0.2) is 15.0 Å². The van der Waals surface area contributed by atoms with Crippen LogP contribution in [0.4, 0.5) is 0 Å². The normalized spacial score (nSPS) is 13.2. The highest BCUT2D eigenvalue weighted by molar-refractivity contribution is 7.51. The minimum atomic E-state index is -4.20. The number of nitrogens with zero attached hydrogens (tertiary/aromatic N) is 4. The Balaban J connectivity index is 1.82. The Hall–Kier alpha value is -2.16. The molecule has 2 heterocycles. The number of aliphatic hydroxyl groups excluding tert-OH is 1. The molecule has 0 aliphatic rings. The first kappa shape index (κ1) is 18.6. The lowest BCUT2D eigenvalue weighted by Gasteiger charge is -2.16. The van der Waals surface area contributed by atoms with Crippen molar-refractivity contribution in [1.82, 2.24) is 19.5 Å². The summed E-state index contributed by atoms with van der Waals surface area (Å²) in [6.07, 6.45) is 2.74. The smallest absolute Gasteiger partial charge is 0.350 e. The third-order valence-corrected chi connectivity index (χ3v) is 4.38. The van der Waals surface area contributed by atoms with E-state index in [4.69, 9.17) is 14.5 Å². The Morgan fingerprint density at radius 3 is 2.62 bits per heavy atom. The maximum atomic E-state index is 10.8. The number of benzene rings is 1. The number of fused-ring (bicyclic) bond motifs is 1. The highest BCUT2D eigenvalue weighted by Gasteiger charge is 2.18. The van der Waals surface area contributed by atoms with Crippen molar-refractivity contribution in [2.75, 3.05) is 19.6 Å². The van der Waals surface area contributed by atoms with Crippen molar-refractivity contribution >= 4 is 18.8 Å². The van der Waals surface area contributed by atoms with E-state index in [1.54, 1.807) is 10.9 Å². The van der Waals surface area contributed by atoms with E-state index in [0.29, 0.717) is 23.3 Å². The van der Waals surface area contributed by atoms with Crippen LogP contribution >= 0.6 is 7.60 Å². The van der Waals surface area contributed by atoms with Gasteiger partial charge in [0.1, 0.15) is 23.9 Å². The fourth-order valence-corrected chi connectivity index (χ4v) is 3.01. The predicted molar refractivity (Wildman–Crippen MR) is 94.4 cm³/mol. The van der Waals surface area contributed by atoms with Gasteiger partial charge in [-0.15, -0.1) is 0 Å². The van der Waals surface area contributed by atoms with E-state index in [0.717, 1.165) is 5.56 Å². The van der Waals surface area contributed by atoms with E-state index >= 15 is 0 Å². The molecule has 3 N–H and O–H groups in total. The Bertz CT molecular complexity index is 911. The van der Waals surface area contributed by atoms with Crippen LogP contribution in [0.25, 0.3) is 22.4 Å². The van der Waals surface area contributed by atoms with Crippen molar-refractivity contribution < 1.29 is 24.2 Å². The highest BCUT2D eigenvalue weighted by atomic mass is 31.2. The topological polar surface area (TPSA) is 131 Å². The van der Waals surface area contributed by atoms with Gasteiger partial charge in [-0.2, -0.15) is 0 Å². The Kier molecular flexibility index (Phi) is 5.75. The lowest BCUT2D eigenvalue weighted by Crippen LogP contribution is -2.15. The summed E-state index contributed by atoms with van der Waals surface area (Å²) in [5, 5.41) is 9.70. The molecule has 9 nitrogen and oxygen atoms in total. The average molecular weight is 378 g/mol. The van der Waals surface area contributed by atoms with Crippen LogP contribution in [0.2, 0.25) is 0 Å². The number of aromatic nitrogens is 4. The molecule has 138 valence electrons. The lowest BCUT2D eigenvalue weighted by atomic mass is 10.1. The van der Waals surface area contributed by atoms with Crippen LogP contribution in [0.5, 0.6) is 0 Å². The first-order valence-electron chi connectivity index (χ1n) is 7.95. The molecule has 2 aromatic heterocycles. The zero-order chi connectivity index (χ0) is 18.6. The summed E-state index contributed by atoms with van der Waals surface area (Å²) in [5.74, 6) is 0. The monoisotopic (exact) mass is 378 g/mol. The van der Waals surface area contributed by atoms with Crippen molar-refractivity contribution in [2.45, 2.75) is 12.5 Å². The van der Waals surface area contributed by atoms with Crippen LogP contribution in [-0.4, -0.2) is 54.0 Å². The average Bonchev–Trinajstić information content (AvgIpc) is 3.06. The predicted octanol–water partition coefficient (Wildman–Crippen LogP) is 1.57. The molecule has 1 atom stereocenters. The molecule has 0 spiro atoms. The molecule has 0 bridgehead atoms. The summed E-state index contributed by atoms with van der Waals surface area (Å²) in [6, 6.07) is 9.22. The molecule has 10 heteroatoms. The Labute approximate surface area is 149 Å². The summed E-state index contributed by atoms with van der Waals surface area (Å²) in [4.78, 5) is 30.6. The molecule has 0 aliphatic carbocycles. The van der Waals surface area contributed by atoms with E-state index in [1.807, 2.05) is 30.3 Å². The molecule has 0 saturated carbocycles. The number of rotatable bonds is 8. The van der Waals surface area contributed by atoms with Gasteiger partial charge in [0.25, 0.3) is 0 Å². The minimum absolute atomic E-state index is 0.0899. The van der Waals surface area contributed by atoms with Gasteiger partial charge in [-0.3, -0.25) is 4.57 Å². The van der Waals surface area contributed by atoms with Crippen molar-refractivity contribution in [3.8, 4) is 11.3 Å². The Morgan fingerprint density at radius 2 is 1.92 bits per heavy atom. The molecular formula is C16H19N4O5P. The second kappa shape index (κ2) is 8.03. The molecule has 0 fully saturated rings. The number of imidazole rings is 1. The number of hydrogen-bond acceptors (Lipinski definition) is 6. The quantitative estimate of drug-likeness (QED) is 0.398. The third kappa shape index (κ3) is 4.32. The molecule has 0 aliphatic heterocycles. The first-order chi connectivity index (χ1) is 12.5. The molecule has 0 saturated heterocycles. The van der Waals surface area contributed by atoms with E-state index in [-0.39, 0.29) is 19.3 Å². The van der Waals surface area contributed by atoms with Crippen LogP contribution < -0.4 is 0 Å². The van der Waals surface area contributed by atoms with Gasteiger partial charge in [-0.05, 0) is 6.42 Å². The van der Waals surface area contributed by atoms with Crippen molar-refractivity contribution in [1.29, 1.82) is 0 Å². The number of aliphatic hydroxyl groups is 1. The zero-order valence-corrected chi connectivity index (χ0v) is 14.7. The van der Waals surface area contributed by atoms with Crippen LogP contribution in [-0.2, 0) is 9.30 Å². The van der Waals surface area contributed by atoms with E-state index in [9.17, 15) is 9.67 Å². The zero-order valence-electron chi connectivity index (χ0n) is 13.8. The summed E-state index contributed by atoms with van der Waals surface area (Å²) in [7, 11) is -4.20. The highest BCUT2D eigenvalue weighted by Crippen LogP contribution is 2.34. The second-order valence-corrected chi connectivity index (χ2v) is 7.33. The summed E-state index contributed by atoms with van der Waals surface area (Å²) in [6.45, 7) is -0.0952. The van der Waals surface area contributed by atoms with E-state index in [1.165, 1.54) is 6.33 Å². The van der Waals surface area contributed by atoms with Crippen molar-refractivity contribution in [3.05, 3.63) is 43.0 Å². The van der Waals surface area contributed by atoms with Gasteiger partial charge < -0.3 is 24.2 Å². The lowest BCUT2D eigenvalue weighted by molar-refractivity contribution is 0.127. The molecule has 26 heavy (non-hydrogen) atoms. The van der Waals surface area contributed by atoms with Crippen LogP contribution in [0.3, 0.4) is 0 Å². The minimum Gasteiger partial charge on any atom is -0.394 e. The Morgan fingerprint density at radius 1 is 1.15 bits per heavy atom. The van der Waals surface area contributed by atoms with Gasteiger partial charge in [0.2, 0.25) is 0 Å².